The first-order valence-corrected chi connectivity index (χ1v) is 8.50. The summed E-state index contributed by atoms with van der Waals surface area (Å²) in [6.07, 6.45) is 7.19. The largest absolute Gasteiger partial charge is 0.396 e. The predicted octanol–water partition coefficient (Wildman–Crippen LogP) is 2.55. The van der Waals surface area contributed by atoms with E-state index >= 15 is 0 Å². The number of amides is 1. The van der Waals surface area contributed by atoms with Crippen LogP contribution in [0.1, 0.15) is 59.8 Å². The highest BCUT2D eigenvalue weighted by molar-refractivity contribution is 7.11. The molecule has 1 amide bonds. The van der Waals surface area contributed by atoms with Crippen molar-refractivity contribution in [2.45, 2.75) is 44.4 Å². The SMILES string of the molecule is O=C(NCC(CO)C1CC1)c1scnc1C1CCCC1. The van der Waals surface area contributed by atoms with Crippen LogP contribution in [0, 0.1) is 11.8 Å². The second kappa shape index (κ2) is 6.22. The third kappa shape index (κ3) is 3.04. The molecule has 5 heteroatoms. The van der Waals surface area contributed by atoms with Gasteiger partial charge in [0, 0.05) is 25.0 Å². The number of aliphatic hydroxyl groups excluding tert-OH is 1. The smallest absolute Gasteiger partial charge is 0.263 e. The van der Waals surface area contributed by atoms with Gasteiger partial charge in [0.15, 0.2) is 0 Å². The molecule has 110 valence electrons. The van der Waals surface area contributed by atoms with Crippen LogP contribution in [-0.2, 0) is 0 Å². The highest BCUT2D eigenvalue weighted by Crippen LogP contribution is 2.37. The van der Waals surface area contributed by atoms with E-state index in [1.54, 1.807) is 5.51 Å². The molecular weight excluding hydrogens is 272 g/mol. The van der Waals surface area contributed by atoms with Crippen molar-refractivity contribution in [3.05, 3.63) is 16.1 Å². The zero-order chi connectivity index (χ0) is 13.9. The molecule has 20 heavy (non-hydrogen) atoms. The number of aliphatic hydroxyl groups is 1. The number of aromatic nitrogens is 1. The second-order valence-corrected chi connectivity index (χ2v) is 6.89. The molecule has 0 aromatic carbocycles. The van der Waals surface area contributed by atoms with Crippen molar-refractivity contribution in [1.82, 2.24) is 10.3 Å². The van der Waals surface area contributed by atoms with Gasteiger partial charge in [-0.25, -0.2) is 4.98 Å². The van der Waals surface area contributed by atoms with Gasteiger partial charge in [0.05, 0.1) is 11.2 Å². The lowest BCUT2D eigenvalue weighted by molar-refractivity contribution is 0.0939. The first-order valence-electron chi connectivity index (χ1n) is 7.62. The van der Waals surface area contributed by atoms with Gasteiger partial charge in [-0.3, -0.25) is 4.79 Å². The Morgan fingerprint density at radius 2 is 2.15 bits per heavy atom. The number of nitrogens with zero attached hydrogens (tertiary/aromatic N) is 1. The van der Waals surface area contributed by atoms with E-state index in [1.807, 2.05) is 0 Å². The molecule has 3 rings (SSSR count). The van der Waals surface area contributed by atoms with Crippen molar-refractivity contribution in [2.75, 3.05) is 13.2 Å². The van der Waals surface area contributed by atoms with Crippen LogP contribution < -0.4 is 5.32 Å². The summed E-state index contributed by atoms with van der Waals surface area (Å²) in [5.41, 5.74) is 2.78. The first kappa shape index (κ1) is 14.0. The van der Waals surface area contributed by atoms with Crippen LogP contribution in [0.2, 0.25) is 0 Å². The third-order valence-electron chi connectivity index (χ3n) is 4.59. The zero-order valence-corrected chi connectivity index (χ0v) is 12.5. The maximum absolute atomic E-state index is 12.3. The average molecular weight is 294 g/mol. The lowest BCUT2D eigenvalue weighted by Crippen LogP contribution is -2.32. The van der Waals surface area contributed by atoms with Gasteiger partial charge < -0.3 is 10.4 Å². The fourth-order valence-corrected chi connectivity index (χ4v) is 3.96. The molecule has 0 spiro atoms. The number of thiazole rings is 1. The molecule has 1 aromatic heterocycles. The summed E-state index contributed by atoms with van der Waals surface area (Å²) in [6, 6.07) is 0. The van der Waals surface area contributed by atoms with E-state index in [0.717, 1.165) is 23.4 Å². The number of rotatable bonds is 6. The Hall–Kier alpha value is -0.940. The van der Waals surface area contributed by atoms with Crippen molar-refractivity contribution in [3.63, 3.8) is 0 Å². The predicted molar refractivity (Wildman–Crippen MR) is 79.0 cm³/mol. The van der Waals surface area contributed by atoms with Gasteiger partial charge in [-0.2, -0.15) is 0 Å². The van der Waals surface area contributed by atoms with Gasteiger partial charge in [0.25, 0.3) is 5.91 Å². The number of carbonyl (C=O) groups excluding carboxylic acids is 1. The normalized spacial score (nSPS) is 21.1. The van der Waals surface area contributed by atoms with Crippen LogP contribution in [-0.4, -0.2) is 29.1 Å². The molecule has 2 fully saturated rings. The molecular formula is C15H22N2O2S. The molecule has 2 aliphatic carbocycles. The Balaban J connectivity index is 1.60. The summed E-state index contributed by atoms with van der Waals surface area (Å²) in [6.45, 7) is 0.755. The van der Waals surface area contributed by atoms with E-state index in [4.69, 9.17) is 0 Å². The molecule has 2 N–H and O–H groups in total. The highest BCUT2D eigenvalue weighted by atomic mass is 32.1. The first-order chi connectivity index (χ1) is 9.79. The number of carbonyl (C=O) groups is 1. The molecule has 2 aliphatic rings. The van der Waals surface area contributed by atoms with Crippen molar-refractivity contribution in [1.29, 1.82) is 0 Å². The van der Waals surface area contributed by atoms with E-state index in [1.165, 1.54) is 37.0 Å². The highest BCUT2D eigenvalue weighted by Gasteiger charge is 2.31. The molecule has 0 saturated heterocycles. The number of hydrogen-bond acceptors (Lipinski definition) is 4. The lowest BCUT2D eigenvalue weighted by atomic mass is 10.0. The van der Waals surface area contributed by atoms with Crippen molar-refractivity contribution >= 4 is 17.2 Å². The summed E-state index contributed by atoms with van der Waals surface area (Å²) in [4.78, 5) is 17.5. The van der Waals surface area contributed by atoms with Crippen molar-refractivity contribution in [3.8, 4) is 0 Å². The van der Waals surface area contributed by atoms with Crippen LogP contribution in [0.3, 0.4) is 0 Å². The average Bonchev–Trinajstić information content (AvgIpc) is 2.96. The van der Waals surface area contributed by atoms with Crippen molar-refractivity contribution in [2.24, 2.45) is 11.8 Å². The summed E-state index contributed by atoms with van der Waals surface area (Å²) in [5, 5.41) is 12.3. The van der Waals surface area contributed by atoms with Crippen molar-refractivity contribution < 1.29 is 9.90 Å². The summed E-state index contributed by atoms with van der Waals surface area (Å²) < 4.78 is 0. The zero-order valence-electron chi connectivity index (χ0n) is 11.7. The van der Waals surface area contributed by atoms with Crippen LogP contribution in [0.25, 0.3) is 0 Å². The summed E-state index contributed by atoms with van der Waals surface area (Å²) in [5.74, 6) is 1.30. The van der Waals surface area contributed by atoms with E-state index in [0.29, 0.717) is 18.4 Å². The topological polar surface area (TPSA) is 62.2 Å². The maximum atomic E-state index is 12.3. The van der Waals surface area contributed by atoms with Gasteiger partial charge in [-0.05, 0) is 31.6 Å². The minimum Gasteiger partial charge on any atom is -0.396 e. The molecule has 1 atom stereocenters. The minimum absolute atomic E-state index is 0.00602. The minimum atomic E-state index is -0.00602. The quantitative estimate of drug-likeness (QED) is 0.847. The van der Waals surface area contributed by atoms with Gasteiger partial charge in [0.2, 0.25) is 0 Å². The lowest BCUT2D eigenvalue weighted by Gasteiger charge is -2.14. The fourth-order valence-electron chi connectivity index (χ4n) is 3.17. The Morgan fingerprint density at radius 3 is 2.80 bits per heavy atom. The number of nitrogens with one attached hydrogen (secondary N) is 1. The molecule has 0 radical (unpaired) electrons. The molecule has 1 aromatic rings. The van der Waals surface area contributed by atoms with Crippen LogP contribution in [0.5, 0.6) is 0 Å². The van der Waals surface area contributed by atoms with Gasteiger partial charge in [-0.15, -0.1) is 11.3 Å². The summed E-state index contributed by atoms with van der Waals surface area (Å²) >= 11 is 1.44. The van der Waals surface area contributed by atoms with Crippen LogP contribution >= 0.6 is 11.3 Å². The molecule has 1 heterocycles. The van der Waals surface area contributed by atoms with Crippen LogP contribution in [0.4, 0.5) is 0 Å². The molecule has 1 unspecified atom stereocenters. The Bertz CT molecular complexity index is 464. The summed E-state index contributed by atoms with van der Waals surface area (Å²) in [7, 11) is 0. The number of hydrogen-bond donors (Lipinski definition) is 2. The van der Waals surface area contributed by atoms with E-state index in [-0.39, 0.29) is 18.4 Å². The Morgan fingerprint density at radius 1 is 1.40 bits per heavy atom. The third-order valence-corrected chi connectivity index (χ3v) is 5.43. The fraction of sp³-hybridized carbons (Fsp3) is 0.733. The molecule has 4 nitrogen and oxygen atoms in total. The Labute approximate surface area is 123 Å². The standard InChI is InChI=1S/C15H22N2O2S/c18-8-12(10-5-6-10)7-16-15(19)14-13(17-9-20-14)11-3-1-2-4-11/h9-12,18H,1-8H2,(H,16,19). The van der Waals surface area contributed by atoms with Crippen LogP contribution in [0.15, 0.2) is 5.51 Å². The maximum Gasteiger partial charge on any atom is 0.263 e. The van der Waals surface area contributed by atoms with Gasteiger partial charge in [0.1, 0.15) is 4.88 Å². The van der Waals surface area contributed by atoms with Gasteiger partial charge >= 0.3 is 0 Å². The van der Waals surface area contributed by atoms with E-state index in [2.05, 4.69) is 10.3 Å². The van der Waals surface area contributed by atoms with E-state index in [9.17, 15) is 9.90 Å². The second-order valence-electron chi connectivity index (χ2n) is 6.04. The van der Waals surface area contributed by atoms with Gasteiger partial charge in [-0.1, -0.05) is 12.8 Å². The monoisotopic (exact) mass is 294 g/mol. The molecule has 0 aliphatic heterocycles. The van der Waals surface area contributed by atoms with E-state index < -0.39 is 0 Å². The molecule has 0 bridgehead atoms. The molecule has 2 saturated carbocycles. The Kier molecular flexibility index (Phi) is 4.36.